The molecule has 0 saturated carbocycles. The highest BCUT2D eigenvalue weighted by molar-refractivity contribution is 6.30. The number of anilines is 2. The Bertz CT molecular complexity index is 656. The van der Waals surface area contributed by atoms with Gasteiger partial charge in [0.25, 0.3) is 0 Å². The van der Waals surface area contributed by atoms with Crippen LogP contribution in [0.3, 0.4) is 0 Å². The van der Waals surface area contributed by atoms with E-state index >= 15 is 0 Å². The van der Waals surface area contributed by atoms with Crippen LogP contribution < -0.4 is 11.1 Å². The average Bonchev–Trinajstić information content (AvgIpc) is 2.42. The van der Waals surface area contributed by atoms with Gasteiger partial charge in [0.2, 0.25) is 0 Å². The first-order valence-corrected chi connectivity index (χ1v) is 6.49. The second-order valence-electron chi connectivity index (χ2n) is 4.49. The fraction of sp³-hybridized carbons (Fsp3) is 0.214. The molecule has 0 fully saturated rings. The monoisotopic (exact) mass is 315 g/mol. The molecule has 1 heterocycles. The van der Waals surface area contributed by atoms with Crippen molar-refractivity contribution in [1.29, 1.82) is 0 Å². The van der Waals surface area contributed by atoms with Gasteiger partial charge in [-0.25, -0.2) is 4.98 Å². The summed E-state index contributed by atoms with van der Waals surface area (Å²) in [5.74, 6) is 0.0812. The minimum absolute atomic E-state index is 0.0765. The van der Waals surface area contributed by atoms with Gasteiger partial charge < -0.3 is 11.1 Å². The number of aromatic nitrogens is 1. The van der Waals surface area contributed by atoms with Crippen LogP contribution in [0.25, 0.3) is 0 Å². The zero-order valence-corrected chi connectivity index (χ0v) is 11.9. The van der Waals surface area contributed by atoms with E-state index in [1.54, 1.807) is 18.2 Å². The molecule has 0 amide bonds. The average molecular weight is 316 g/mol. The standard InChI is InChI=1S/C14H13ClF3N3/c1-8-2-4-10(15)6-11(8)20-13-9(7-19)3-5-12(21-13)14(16,17)18/h2-6H,7,19H2,1H3,(H,20,21). The van der Waals surface area contributed by atoms with E-state index in [0.717, 1.165) is 11.6 Å². The van der Waals surface area contributed by atoms with Crippen molar-refractivity contribution in [1.82, 2.24) is 4.98 Å². The predicted octanol–water partition coefficient (Wildman–Crippen LogP) is 4.26. The maximum absolute atomic E-state index is 12.7. The first kappa shape index (κ1) is 15.6. The molecule has 1 aromatic carbocycles. The van der Waals surface area contributed by atoms with E-state index in [2.05, 4.69) is 10.3 Å². The Labute approximate surface area is 124 Å². The third kappa shape index (κ3) is 3.65. The maximum atomic E-state index is 12.7. The second kappa shape index (κ2) is 5.91. The molecule has 3 N–H and O–H groups in total. The molecule has 0 radical (unpaired) electrons. The lowest BCUT2D eigenvalue weighted by atomic mass is 10.1. The zero-order chi connectivity index (χ0) is 15.6. The SMILES string of the molecule is Cc1ccc(Cl)cc1Nc1nc(C(F)(F)F)ccc1CN. The number of nitrogens with zero attached hydrogens (tertiary/aromatic N) is 1. The molecule has 0 aliphatic rings. The molecule has 0 atom stereocenters. The molecule has 2 rings (SSSR count). The molecule has 0 aliphatic carbocycles. The molecule has 7 heteroatoms. The van der Waals surface area contributed by atoms with E-state index in [1.165, 1.54) is 6.07 Å². The Morgan fingerprint density at radius 3 is 2.57 bits per heavy atom. The highest BCUT2D eigenvalue weighted by Gasteiger charge is 2.33. The smallest absolute Gasteiger partial charge is 0.340 e. The van der Waals surface area contributed by atoms with Crippen LogP contribution in [0.4, 0.5) is 24.7 Å². The van der Waals surface area contributed by atoms with Crippen LogP contribution in [0.1, 0.15) is 16.8 Å². The van der Waals surface area contributed by atoms with Gasteiger partial charge in [0.1, 0.15) is 11.5 Å². The van der Waals surface area contributed by atoms with Gasteiger partial charge in [0.05, 0.1) is 0 Å². The minimum atomic E-state index is -4.51. The largest absolute Gasteiger partial charge is 0.433 e. The van der Waals surface area contributed by atoms with Crippen molar-refractivity contribution in [2.24, 2.45) is 5.73 Å². The van der Waals surface area contributed by atoms with Crippen molar-refractivity contribution < 1.29 is 13.2 Å². The van der Waals surface area contributed by atoms with E-state index < -0.39 is 11.9 Å². The number of alkyl halides is 3. The fourth-order valence-corrected chi connectivity index (χ4v) is 1.95. The van der Waals surface area contributed by atoms with Crippen molar-refractivity contribution in [3.8, 4) is 0 Å². The molecule has 0 spiro atoms. The van der Waals surface area contributed by atoms with E-state index in [1.807, 2.05) is 6.92 Å². The predicted molar refractivity (Wildman–Crippen MR) is 76.6 cm³/mol. The van der Waals surface area contributed by atoms with Crippen molar-refractivity contribution in [2.75, 3.05) is 5.32 Å². The molecule has 3 nitrogen and oxygen atoms in total. The number of nitrogens with one attached hydrogen (secondary N) is 1. The normalized spacial score (nSPS) is 11.5. The summed E-state index contributed by atoms with van der Waals surface area (Å²) < 4.78 is 38.2. The van der Waals surface area contributed by atoms with Gasteiger partial charge in [0.15, 0.2) is 0 Å². The topological polar surface area (TPSA) is 50.9 Å². The second-order valence-corrected chi connectivity index (χ2v) is 4.93. The third-order valence-corrected chi connectivity index (χ3v) is 3.18. The van der Waals surface area contributed by atoms with E-state index in [4.69, 9.17) is 17.3 Å². The van der Waals surface area contributed by atoms with Crippen molar-refractivity contribution >= 4 is 23.1 Å². The van der Waals surface area contributed by atoms with Crippen LogP contribution in [0.2, 0.25) is 5.02 Å². The molecular formula is C14H13ClF3N3. The third-order valence-electron chi connectivity index (χ3n) is 2.94. The van der Waals surface area contributed by atoms with Crippen molar-refractivity contribution in [2.45, 2.75) is 19.6 Å². The van der Waals surface area contributed by atoms with E-state index in [0.29, 0.717) is 16.3 Å². The molecule has 112 valence electrons. The summed E-state index contributed by atoms with van der Waals surface area (Å²) in [6.45, 7) is 1.89. The number of benzene rings is 1. The summed E-state index contributed by atoms with van der Waals surface area (Å²) in [6, 6.07) is 7.32. The molecule has 21 heavy (non-hydrogen) atoms. The van der Waals surface area contributed by atoms with Crippen LogP contribution in [0, 0.1) is 6.92 Å². The summed E-state index contributed by atoms with van der Waals surface area (Å²) >= 11 is 5.90. The molecule has 2 aromatic rings. The van der Waals surface area contributed by atoms with Gasteiger partial charge in [-0.15, -0.1) is 0 Å². The summed E-state index contributed by atoms with van der Waals surface area (Å²) in [5, 5.41) is 3.35. The Morgan fingerprint density at radius 2 is 1.95 bits per heavy atom. The van der Waals surface area contributed by atoms with Crippen LogP contribution in [0.15, 0.2) is 30.3 Å². The maximum Gasteiger partial charge on any atom is 0.433 e. The van der Waals surface area contributed by atoms with Crippen molar-refractivity contribution in [3.63, 3.8) is 0 Å². The summed E-state index contributed by atoms with van der Waals surface area (Å²) in [4.78, 5) is 3.62. The first-order valence-electron chi connectivity index (χ1n) is 6.11. The molecule has 0 saturated heterocycles. The highest BCUT2D eigenvalue weighted by atomic mass is 35.5. The molecule has 0 bridgehead atoms. The number of hydrogen-bond donors (Lipinski definition) is 2. The van der Waals surface area contributed by atoms with Gasteiger partial charge >= 0.3 is 6.18 Å². The lowest BCUT2D eigenvalue weighted by molar-refractivity contribution is -0.141. The van der Waals surface area contributed by atoms with Crippen LogP contribution in [0.5, 0.6) is 0 Å². The minimum Gasteiger partial charge on any atom is -0.340 e. The number of nitrogens with two attached hydrogens (primary N) is 1. The lowest BCUT2D eigenvalue weighted by Crippen LogP contribution is -2.12. The quantitative estimate of drug-likeness (QED) is 0.889. The first-order chi connectivity index (χ1) is 9.81. The summed E-state index contributed by atoms with van der Waals surface area (Å²) in [7, 11) is 0. The van der Waals surface area contributed by atoms with Gasteiger partial charge in [0, 0.05) is 22.8 Å². The van der Waals surface area contributed by atoms with Crippen LogP contribution in [-0.4, -0.2) is 4.98 Å². The summed E-state index contributed by atoms with van der Waals surface area (Å²) in [5.41, 5.74) is 6.48. The highest BCUT2D eigenvalue weighted by Crippen LogP contribution is 2.31. The number of rotatable bonds is 3. The van der Waals surface area contributed by atoms with E-state index in [-0.39, 0.29) is 12.4 Å². The van der Waals surface area contributed by atoms with Crippen molar-refractivity contribution in [3.05, 3.63) is 52.2 Å². The number of hydrogen-bond acceptors (Lipinski definition) is 3. The Hall–Kier alpha value is -1.79. The Balaban J connectivity index is 2.44. The lowest BCUT2D eigenvalue weighted by Gasteiger charge is -2.15. The number of halogens is 4. The molecule has 0 unspecified atom stereocenters. The fourth-order valence-electron chi connectivity index (χ4n) is 1.78. The molecule has 1 aromatic heterocycles. The molecular weight excluding hydrogens is 303 g/mol. The zero-order valence-electron chi connectivity index (χ0n) is 11.1. The summed E-state index contributed by atoms with van der Waals surface area (Å²) in [6.07, 6.45) is -4.51. The van der Waals surface area contributed by atoms with Gasteiger partial charge in [-0.3, -0.25) is 0 Å². The van der Waals surface area contributed by atoms with Gasteiger partial charge in [-0.2, -0.15) is 13.2 Å². The van der Waals surface area contributed by atoms with Crippen LogP contribution >= 0.6 is 11.6 Å². The number of pyridine rings is 1. The van der Waals surface area contributed by atoms with Gasteiger partial charge in [-0.05, 0) is 30.7 Å². The van der Waals surface area contributed by atoms with E-state index in [9.17, 15) is 13.2 Å². The van der Waals surface area contributed by atoms with Crippen LogP contribution in [-0.2, 0) is 12.7 Å². The Kier molecular flexibility index (Phi) is 4.39. The molecule has 0 aliphatic heterocycles. The Morgan fingerprint density at radius 1 is 1.24 bits per heavy atom. The van der Waals surface area contributed by atoms with Gasteiger partial charge in [-0.1, -0.05) is 23.7 Å². The number of aryl methyl sites for hydroxylation is 1.